The first-order valence-electron chi connectivity index (χ1n) is 6.87. The van der Waals surface area contributed by atoms with Crippen molar-refractivity contribution < 1.29 is 14.3 Å². The SMILES string of the molecule is COCCN(Cc1ccco1)CC(O)c1ccccc1Cl. The van der Waals surface area contributed by atoms with Crippen molar-refractivity contribution >= 4 is 11.6 Å². The third-order valence-corrected chi connectivity index (χ3v) is 3.61. The highest BCUT2D eigenvalue weighted by atomic mass is 35.5. The molecule has 0 aliphatic heterocycles. The van der Waals surface area contributed by atoms with Crippen LogP contribution in [0.4, 0.5) is 0 Å². The molecule has 0 bridgehead atoms. The Hall–Kier alpha value is -1.33. The highest BCUT2D eigenvalue weighted by molar-refractivity contribution is 6.31. The molecule has 0 amide bonds. The van der Waals surface area contributed by atoms with Crippen LogP contribution in [0, 0.1) is 0 Å². The Morgan fingerprint density at radius 2 is 2.10 bits per heavy atom. The summed E-state index contributed by atoms with van der Waals surface area (Å²) >= 11 is 6.13. The highest BCUT2D eigenvalue weighted by Gasteiger charge is 2.16. The number of hydrogen-bond donors (Lipinski definition) is 1. The number of furan rings is 1. The molecule has 114 valence electrons. The molecule has 2 rings (SSSR count). The van der Waals surface area contributed by atoms with E-state index in [1.807, 2.05) is 30.3 Å². The van der Waals surface area contributed by atoms with Gasteiger partial charge in [-0.3, -0.25) is 4.90 Å². The van der Waals surface area contributed by atoms with Crippen molar-refractivity contribution in [2.24, 2.45) is 0 Å². The van der Waals surface area contributed by atoms with Crippen molar-refractivity contribution in [2.75, 3.05) is 26.8 Å². The van der Waals surface area contributed by atoms with Crippen molar-refractivity contribution in [3.63, 3.8) is 0 Å². The number of aliphatic hydroxyl groups excluding tert-OH is 1. The Bertz CT molecular complexity index is 530. The van der Waals surface area contributed by atoms with E-state index in [9.17, 15) is 5.11 Å². The fraction of sp³-hybridized carbons (Fsp3) is 0.375. The Morgan fingerprint density at radius 3 is 2.76 bits per heavy atom. The maximum Gasteiger partial charge on any atom is 0.117 e. The molecular formula is C16H20ClNO3. The van der Waals surface area contributed by atoms with Crippen LogP contribution in [0.15, 0.2) is 47.1 Å². The molecule has 21 heavy (non-hydrogen) atoms. The minimum atomic E-state index is -0.648. The zero-order valence-corrected chi connectivity index (χ0v) is 12.8. The van der Waals surface area contributed by atoms with Gasteiger partial charge in [0.2, 0.25) is 0 Å². The Morgan fingerprint density at radius 1 is 1.29 bits per heavy atom. The summed E-state index contributed by atoms with van der Waals surface area (Å²) in [6, 6.07) is 11.1. The van der Waals surface area contributed by atoms with E-state index in [1.54, 1.807) is 19.4 Å². The third-order valence-electron chi connectivity index (χ3n) is 3.27. The van der Waals surface area contributed by atoms with Crippen LogP contribution in [-0.4, -0.2) is 36.8 Å². The van der Waals surface area contributed by atoms with Crippen LogP contribution >= 0.6 is 11.6 Å². The van der Waals surface area contributed by atoms with Crippen LogP contribution < -0.4 is 0 Å². The number of ether oxygens (including phenoxy) is 1. The van der Waals surface area contributed by atoms with Gasteiger partial charge in [-0.2, -0.15) is 0 Å². The van der Waals surface area contributed by atoms with Crippen molar-refractivity contribution in [3.8, 4) is 0 Å². The van der Waals surface area contributed by atoms with E-state index in [-0.39, 0.29) is 0 Å². The van der Waals surface area contributed by atoms with E-state index >= 15 is 0 Å². The molecule has 0 spiro atoms. The van der Waals surface area contributed by atoms with E-state index in [0.29, 0.717) is 31.3 Å². The number of rotatable bonds is 8. The van der Waals surface area contributed by atoms with Gasteiger partial charge in [-0.1, -0.05) is 29.8 Å². The van der Waals surface area contributed by atoms with Gasteiger partial charge in [0.25, 0.3) is 0 Å². The molecule has 1 N–H and O–H groups in total. The number of benzene rings is 1. The molecule has 0 saturated carbocycles. The van der Waals surface area contributed by atoms with Crippen LogP contribution in [0.2, 0.25) is 5.02 Å². The molecule has 0 aliphatic carbocycles. The molecule has 0 aliphatic rings. The van der Waals surface area contributed by atoms with Gasteiger partial charge in [-0.05, 0) is 18.2 Å². The first kappa shape index (κ1) is 16.0. The molecule has 1 heterocycles. The van der Waals surface area contributed by atoms with Crippen LogP contribution in [0.1, 0.15) is 17.4 Å². The van der Waals surface area contributed by atoms with Gasteiger partial charge < -0.3 is 14.3 Å². The molecule has 1 atom stereocenters. The van der Waals surface area contributed by atoms with E-state index in [0.717, 1.165) is 11.3 Å². The molecule has 1 unspecified atom stereocenters. The lowest BCUT2D eigenvalue weighted by atomic mass is 10.1. The Kier molecular flexibility index (Phi) is 6.26. The van der Waals surface area contributed by atoms with Gasteiger partial charge in [-0.15, -0.1) is 0 Å². The predicted molar refractivity (Wildman–Crippen MR) is 82.3 cm³/mol. The molecule has 4 nitrogen and oxygen atoms in total. The molecule has 1 aromatic heterocycles. The largest absolute Gasteiger partial charge is 0.468 e. The molecule has 5 heteroatoms. The van der Waals surface area contributed by atoms with Crippen LogP contribution in [0.25, 0.3) is 0 Å². The first-order chi connectivity index (χ1) is 10.2. The maximum atomic E-state index is 10.4. The molecule has 0 fully saturated rings. The Balaban J connectivity index is 2.01. The summed E-state index contributed by atoms with van der Waals surface area (Å²) in [4.78, 5) is 2.08. The summed E-state index contributed by atoms with van der Waals surface area (Å²) in [6.45, 7) is 2.39. The number of hydrogen-bond acceptors (Lipinski definition) is 4. The normalized spacial score (nSPS) is 12.8. The smallest absolute Gasteiger partial charge is 0.117 e. The second-order valence-electron chi connectivity index (χ2n) is 4.84. The third kappa shape index (κ3) is 4.86. The van der Waals surface area contributed by atoms with Crippen molar-refractivity contribution in [2.45, 2.75) is 12.6 Å². The highest BCUT2D eigenvalue weighted by Crippen LogP contribution is 2.23. The zero-order valence-electron chi connectivity index (χ0n) is 12.0. The molecule has 1 aromatic carbocycles. The van der Waals surface area contributed by atoms with Gasteiger partial charge >= 0.3 is 0 Å². The van der Waals surface area contributed by atoms with E-state index in [4.69, 9.17) is 20.8 Å². The number of aliphatic hydroxyl groups is 1. The van der Waals surface area contributed by atoms with Crippen molar-refractivity contribution in [3.05, 3.63) is 59.0 Å². The van der Waals surface area contributed by atoms with Gasteiger partial charge in [0, 0.05) is 30.8 Å². The monoisotopic (exact) mass is 309 g/mol. The van der Waals surface area contributed by atoms with Gasteiger partial charge in [-0.25, -0.2) is 0 Å². The first-order valence-corrected chi connectivity index (χ1v) is 7.24. The van der Waals surface area contributed by atoms with Crippen LogP contribution in [0.3, 0.4) is 0 Å². The second kappa shape index (κ2) is 8.20. The summed E-state index contributed by atoms with van der Waals surface area (Å²) in [5.74, 6) is 0.859. The minimum Gasteiger partial charge on any atom is -0.468 e. The number of methoxy groups -OCH3 is 1. The summed E-state index contributed by atoms with van der Waals surface area (Å²) in [7, 11) is 1.66. The summed E-state index contributed by atoms with van der Waals surface area (Å²) in [5, 5.41) is 11.0. The zero-order chi connectivity index (χ0) is 15.1. The van der Waals surface area contributed by atoms with Crippen LogP contribution in [0.5, 0.6) is 0 Å². The topological polar surface area (TPSA) is 45.8 Å². The summed E-state index contributed by atoms with van der Waals surface area (Å²) < 4.78 is 10.5. The van der Waals surface area contributed by atoms with Gasteiger partial charge in [0.1, 0.15) is 5.76 Å². The van der Waals surface area contributed by atoms with Crippen LogP contribution in [-0.2, 0) is 11.3 Å². The average molecular weight is 310 g/mol. The van der Waals surface area contributed by atoms with E-state index in [1.165, 1.54) is 0 Å². The molecule has 0 saturated heterocycles. The predicted octanol–water partition coefficient (Wildman–Crippen LogP) is 3.12. The standard InChI is InChI=1S/C16H20ClNO3/c1-20-10-8-18(11-13-5-4-9-21-13)12-16(19)14-6-2-3-7-15(14)17/h2-7,9,16,19H,8,10-12H2,1H3. The van der Waals surface area contributed by atoms with Crippen molar-refractivity contribution in [1.82, 2.24) is 4.90 Å². The average Bonchev–Trinajstić information content (AvgIpc) is 2.98. The second-order valence-corrected chi connectivity index (χ2v) is 5.25. The quantitative estimate of drug-likeness (QED) is 0.814. The minimum absolute atomic E-state index is 0.466. The lowest BCUT2D eigenvalue weighted by Crippen LogP contribution is -2.31. The fourth-order valence-corrected chi connectivity index (χ4v) is 2.43. The lowest BCUT2D eigenvalue weighted by molar-refractivity contribution is 0.0812. The van der Waals surface area contributed by atoms with Gasteiger partial charge in [0.15, 0.2) is 0 Å². The number of halogens is 1. The van der Waals surface area contributed by atoms with Crippen molar-refractivity contribution in [1.29, 1.82) is 0 Å². The maximum absolute atomic E-state index is 10.4. The van der Waals surface area contributed by atoms with E-state index < -0.39 is 6.10 Å². The molecule has 0 radical (unpaired) electrons. The molecule has 2 aromatic rings. The fourth-order valence-electron chi connectivity index (χ4n) is 2.17. The van der Waals surface area contributed by atoms with Gasteiger partial charge in [0.05, 0.1) is 25.5 Å². The Labute approximate surface area is 129 Å². The summed E-state index contributed by atoms with van der Waals surface area (Å²) in [5.41, 5.74) is 0.737. The number of nitrogens with zero attached hydrogens (tertiary/aromatic N) is 1. The summed E-state index contributed by atoms with van der Waals surface area (Å²) in [6.07, 6.45) is 0.999. The van der Waals surface area contributed by atoms with E-state index in [2.05, 4.69) is 4.90 Å². The lowest BCUT2D eigenvalue weighted by Gasteiger charge is -2.24. The molecular weight excluding hydrogens is 290 g/mol.